The first-order chi connectivity index (χ1) is 15.1. The Bertz CT molecular complexity index is 897. The van der Waals surface area contributed by atoms with E-state index in [0.717, 1.165) is 23.3 Å². The molecule has 0 spiro atoms. The summed E-state index contributed by atoms with van der Waals surface area (Å²) in [7, 11) is 1.47. The monoisotopic (exact) mass is 423 g/mol. The predicted octanol–water partition coefficient (Wildman–Crippen LogP) is 2.85. The van der Waals surface area contributed by atoms with Crippen LogP contribution in [0.25, 0.3) is 11.1 Å². The van der Waals surface area contributed by atoms with Crippen LogP contribution in [0.1, 0.15) is 36.0 Å². The minimum Gasteiger partial charge on any atom is -0.399 e. The van der Waals surface area contributed by atoms with Gasteiger partial charge in [0.25, 0.3) is 5.91 Å². The third-order valence-corrected chi connectivity index (χ3v) is 5.31. The minimum atomic E-state index is -0.270. The second kappa shape index (κ2) is 11.3. The second-order valence-corrected chi connectivity index (χ2v) is 7.56. The van der Waals surface area contributed by atoms with Gasteiger partial charge in [0, 0.05) is 37.6 Å². The van der Waals surface area contributed by atoms with Crippen LogP contribution in [0.15, 0.2) is 59.8 Å². The fraction of sp³-hybridized carbons (Fsp3) is 0.375. The number of rotatable bonds is 9. The highest BCUT2D eigenvalue weighted by molar-refractivity contribution is 6.01. The van der Waals surface area contributed by atoms with E-state index >= 15 is 0 Å². The lowest BCUT2D eigenvalue weighted by Crippen LogP contribution is -2.39. The molecular weight excluding hydrogens is 394 g/mol. The van der Waals surface area contributed by atoms with E-state index in [1.807, 2.05) is 54.6 Å². The molecular formula is C24H29N3O4. The lowest BCUT2D eigenvalue weighted by atomic mass is 10.0. The standard InChI is InChI=1S/C24H29N3O4/c1-31-26-21-15-22(16-23(29)25-13-5-6-14-28)27(17-21)24(30)20-11-9-19(10-12-20)18-7-3-2-4-8-18/h2-4,7-12,22,28H,5-6,13-17H2,1H3,(H,25,29)/t22-/m0/s1. The zero-order valence-corrected chi connectivity index (χ0v) is 17.8. The molecule has 3 rings (SSSR count). The van der Waals surface area contributed by atoms with Gasteiger partial charge in [-0.3, -0.25) is 9.59 Å². The Hall–Kier alpha value is -3.19. The molecule has 31 heavy (non-hydrogen) atoms. The molecule has 7 nitrogen and oxygen atoms in total. The first-order valence-corrected chi connectivity index (χ1v) is 10.5. The molecule has 7 heteroatoms. The predicted molar refractivity (Wildman–Crippen MR) is 120 cm³/mol. The largest absolute Gasteiger partial charge is 0.399 e. The van der Waals surface area contributed by atoms with Crippen LogP contribution < -0.4 is 5.32 Å². The quantitative estimate of drug-likeness (QED) is 0.479. The number of amides is 2. The molecule has 1 heterocycles. The molecule has 164 valence electrons. The van der Waals surface area contributed by atoms with Crippen molar-refractivity contribution in [3.63, 3.8) is 0 Å². The Morgan fingerprint density at radius 2 is 1.81 bits per heavy atom. The molecule has 0 aliphatic carbocycles. The number of oxime groups is 1. The Morgan fingerprint density at radius 3 is 2.48 bits per heavy atom. The van der Waals surface area contributed by atoms with Gasteiger partial charge in [0.2, 0.25) is 5.91 Å². The molecule has 0 saturated carbocycles. The van der Waals surface area contributed by atoms with Gasteiger partial charge in [-0.05, 0) is 36.1 Å². The second-order valence-electron chi connectivity index (χ2n) is 7.56. The van der Waals surface area contributed by atoms with E-state index in [4.69, 9.17) is 9.94 Å². The summed E-state index contributed by atoms with van der Waals surface area (Å²) in [6.07, 6.45) is 2.08. The maximum Gasteiger partial charge on any atom is 0.254 e. The molecule has 0 unspecified atom stereocenters. The lowest BCUT2D eigenvalue weighted by Gasteiger charge is -2.24. The van der Waals surface area contributed by atoms with Crippen molar-refractivity contribution in [1.82, 2.24) is 10.2 Å². The third-order valence-electron chi connectivity index (χ3n) is 5.31. The normalized spacial score (nSPS) is 17.0. The van der Waals surface area contributed by atoms with Crippen LogP contribution in [0.2, 0.25) is 0 Å². The van der Waals surface area contributed by atoms with E-state index in [-0.39, 0.29) is 30.9 Å². The summed E-state index contributed by atoms with van der Waals surface area (Å²) in [6.45, 7) is 0.969. The summed E-state index contributed by atoms with van der Waals surface area (Å²) < 4.78 is 0. The smallest absolute Gasteiger partial charge is 0.254 e. The summed E-state index contributed by atoms with van der Waals surface area (Å²) in [6, 6.07) is 17.2. The van der Waals surface area contributed by atoms with Gasteiger partial charge in [-0.2, -0.15) is 0 Å². The van der Waals surface area contributed by atoms with Crippen molar-refractivity contribution >= 4 is 17.5 Å². The third kappa shape index (κ3) is 6.15. The van der Waals surface area contributed by atoms with Crippen molar-refractivity contribution in [1.29, 1.82) is 0 Å². The summed E-state index contributed by atoms with van der Waals surface area (Å²) in [5.41, 5.74) is 3.45. The first-order valence-electron chi connectivity index (χ1n) is 10.5. The maximum atomic E-state index is 13.2. The zero-order valence-electron chi connectivity index (χ0n) is 17.8. The van der Waals surface area contributed by atoms with Crippen LogP contribution in [0.5, 0.6) is 0 Å². The summed E-state index contributed by atoms with van der Waals surface area (Å²) >= 11 is 0. The molecule has 2 aromatic carbocycles. The molecule has 1 aliphatic heterocycles. The molecule has 1 atom stereocenters. The molecule has 0 radical (unpaired) electrons. The van der Waals surface area contributed by atoms with Gasteiger partial charge in [0.15, 0.2) is 0 Å². The first kappa shape index (κ1) is 22.5. The van der Waals surface area contributed by atoms with Gasteiger partial charge in [-0.1, -0.05) is 47.6 Å². The van der Waals surface area contributed by atoms with E-state index in [1.54, 1.807) is 4.90 Å². The molecule has 1 saturated heterocycles. The van der Waals surface area contributed by atoms with Crippen LogP contribution in [-0.4, -0.2) is 60.4 Å². The highest BCUT2D eigenvalue weighted by Crippen LogP contribution is 2.24. The number of benzene rings is 2. The fourth-order valence-corrected chi connectivity index (χ4v) is 3.74. The van der Waals surface area contributed by atoms with E-state index in [9.17, 15) is 9.59 Å². The summed E-state index contributed by atoms with van der Waals surface area (Å²) in [5, 5.41) is 15.7. The van der Waals surface area contributed by atoms with Crippen LogP contribution >= 0.6 is 0 Å². The molecule has 1 fully saturated rings. The SMILES string of the molecule is CON=C1C[C@@H](CC(=O)NCCCCO)N(C(=O)c2ccc(-c3ccccc3)cc2)C1. The van der Waals surface area contributed by atoms with Crippen molar-refractivity contribution in [2.75, 3.05) is 26.8 Å². The fourth-order valence-electron chi connectivity index (χ4n) is 3.74. The Balaban J connectivity index is 1.69. The van der Waals surface area contributed by atoms with Crippen molar-refractivity contribution in [3.05, 3.63) is 60.2 Å². The highest BCUT2D eigenvalue weighted by Gasteiger charge is 2.35. The van der Waals surface area contributed by atoms with Crippen LogP contribution in [0.3, 0.4) is 0 Å². The van der Waals surface area contributed by atoms with Crippen LogP contribution in [0, 0.1) is 0 Å². The number of likely N-dealkylation sites (tertiary alicyclic amines) is 1. The number of nitrogens with zero attached hydrogens (tertiary/aromatic N) is 2. The molecule has 0 bridgehead atoms. The summed E-state index contributed by atoms with van der Waals surface area (Å²) in [4.78, 5) is 32.1. The van der Waals surface area contributed by atoms with Gasteiger partial charge in [-0.15, -0.1) is 0 Å². The zero-order chi connectivity index (χ0) is 22.1. The topological polar surface area (TPSA) is 91.2 Å². The molecule has 2 aromatic rings. The number of nitrogens with one attached hydrogen (secondary N) is 1. The molecule has 2 N–H and O–H groups in total. The number of aliphatic hydroxyl groups is 1. The van der Waals surface area contributed by atoms with Crippen molar-refractivity contribution < 1.29 is 19.5 Å². The van der Waals surface area contributed by atoms with Gasteiger partial charge in [0.05, 0.1) is 12.3 Å². The number of hydrogen-bond acceptors (Lipinski definition) is 5. The van der Waals surface area contributed by atoms with Gasteiger partial charge in [-0.25, -0.2) is 0 Å². The Kier molecular flexibility index (Phi) is 8.18. The molecule has 1 aliphatic rings. The number of carbonyl (C=O) groups excluding carboxylic acids is 2. The van der Waals surface area contributed by atoms with Crippen molar-refractivity contribution in [2.45, 2.75) is 31.7 Å². The summed E-state index contributed by atoms with van der Waals surface area (Å²) in [5.74, 6) is -0.238. The number of unbranched alkanes of at least 4 members (excludes halogenated alkanes) is 1. The molecule has 0 aromatic heterocycles. The van der Waals surface area contributed by atoms with Gasteiger partial charge < -0.3 is 20.2 Å². The highest BCUT2D eigenvalue weighted by atomic mass is 16.6. The van der Waals surface area contributed by atoms with Gasteiger partial charge in [0.1, 0.15) is 7.11 Å². The van der Waals surface area contributed by atoms with Crippen molar-refractivity contribution in [2.24, 2.45) is 5.16 Å². The van der Waals surface area contributed by atoms with E-state index in [0.29, 0.717) is 31.5 Å². The van der Waals surface area contributed by atoms with Crippen LogP contribution in [-0.2, 0) is 9.63 Å². The Labute approximate surface area is 182 Å². The van der Waals surface area contributed by atoms with Gasteiger partial charge >= 0.3 is 0 Å². The lowest BCUT2D eigenvalue weighted by molar-refractivity contribution is -0.121. The maximum absolute atomic E-state index is 13.2. The van der Waals surface area contributed by atoms with E-state index in [1.165, 1.54) is 7.11 Å². The number of hydrogen-bond donors (Lipinski definition) is 2. The number of carbonyl (C=O) groups is 2. The van der Waals surface area contributed by atoms with E-state index < -0.39 is 0 Å². The van der Waals surface area contributed by atoms with E-state index in [2.05, 4.69) is 10.5 Å². The van der Waals surface area contributed by atoms with Crippen LogP contribution in [0.4, 0.5) is 0 Å². The number of aliphatic hydroxyl groups excluding tert-OH is 1. The minimum absolute atomic E-state index is 0.112. The Morgan fingerprint density at radius 1 is 1.10 bits per heavy atom. The van der Waals surface area contributed by atoms with Crippen molar-refractivity contribution in [3.8, 4) is 11.1 Å². The molecule has 2 amide bonds. The average molecular weight is 424 g/mol. The average Bonchev–Trinajstić information content (AvgIpc) is 3.19.